The average molecular weight is 422 g/mol. The van der Waals surface area contributed by atoms with Crippen LogP contribution in [0, 0.1) is 0 Å². The number of benzene rings is 2. The van der Waals surface area contributed by atoms with Crippen LogP contribution in [-0.4, -0.2) is 28.1 Å². The van der Waals surface area contributed by atoms with E-state index in [-0.39, 0.29) is 5.56 Å². The number of methoxy groups -OCH3 is 1. The third-order valence-corrected chi connectivity index (χ3v) is 6.11. The first-order valence-corrected chi connectivity index (χ1v) is 10.9. The molecular weight excluding hydrogens is 394 g/mol. The minimum atomic E-state index is -0.0732. The van der Waals surface area contributed by atoms with Crippen LogP contribution in [0.2, 0.25) is 0 Å². The number of hydrogen-bond acceptors (Lipinski definition) is 3. The van der Waals surface area contributed by atoms with Crippen LogP contribution in [0.1, 0.15) is 37.7 Å². The van der Waals surface area contributed by atoms with Crippen molar-refractivity contribution < 1.29 is 4.74 Å². The van der Waals surface area contributed by atoms with Crippen molar-refractivity contribution in [3.8, 4) is 5.75 Å². The molecule has 1 aliphatic carbocycles. The molecule has 2 N–H and O–H groups in total. The Morgan fingerprint density at radius 1 is 1.13 bits per heavy atom. The zero-order valence-corrected chi connectivity index (χ0v) is 18.0. The van der Waals surface area contributed by atoms with Gasteiger partial charge in [0.05, 0.1) is 13.7 Å². The summed E-state index contributed by atoms with van der Waals surface area (Å²) in [6.45, 7) is 0.478. The maximum atomic E-state index is 12.8. The topological polar surface area (TPSA) is 57.4 Å². The quantitative estimate of drug-likeness (QED) is 0.564. The van der Waals surface area contributed by atoms with Gasteiger partial charge in [-0.15, -0.1) is 0 Å². The molecule has 6 heteroatoms. The van der Waals surface area contributed by atoms with E-state index in [1.807, 2.05) is 54.6 Å². The molecule has 156 valence electrons. The smallest absolute Gasteiger partial charge is 0.253 e. The van der Waals surface area contributed by atoms with Crippen LogP contribution in [0.15, 0.2) is 59.4 Å². The number of ether oxygens (including phenoxy) is 1. The highest BCUT2D eigenvalue weighted by atomic mass is 32.1. The second kappa shape index (κ2) is 9.30. The molecule has 1 aromatic heterocycles. The van der Waals surface area contributed by atoms with E-state index in [4.69, 9.17) is 17.0 Å². The Labute approximate surface area is 182 Å². The molecule has 1 saturated carbocycles. The van der Waals surface area contributed by atoms with Crippen molar-refractivity contribution in [1.82, 2.24) is 9.88 Å². The molecule has 0 aliphatic heterocycles. The number of pyridine rings is 1. The number of aromatic amines is 1. The summed E-state index contributed by atoms with van der Waals surface area (Å²) in [5.41, 5.74) is 2.40. The predicted octanol–water partition coefficient (Wildman–Crippen LogP) is 5.07. The van der Waals surface area contributed by atoms with Gasteiger partial charge < -0.3 is 19.9 Å². The number of rotatable bonds is 5. The van der Waals surface area contributed by atoms with Gasteiger partial charge in [-0.25, -0.2) is 0 Å². The number of para-hydroxylation sites is 1. The van der Waals surface area contributed by atoms with E-state index in [1.165, 1.54) is 19.3 Å². The predicted molar refractivity (Wildman–Crippen MR) is 126 cm³/mol. The molecule has 0 bridgehead atoms. The van der Waals surface area contributed by atoms with Crippen LogP contribution in [0.4, 0.5) is 5.69 Å². The molecular formula is C24H27N3O2S. The molecule has 0 spiro atoms. The van der Waals surface area contributed by atoms with E-state index in [0.29, 0.717) is 23.3 Å². The lowest BCUT2D eigenvalue weighted by Gasteiger charge is -2.36. The van der Waals surface area contributed by atoms with Crippen LogP contribution in [0.3, 0.4) is 0 Å². The maximum absolute atomic E-state index is 12.8. The SMILES string of the molecule is COc1ccc2[nH]c(=O)c(CN(C(=S)Nc3ccccc3)C3CCCCC3)cc2c1. The number of anilines is 1. The number of nitrogens with one attached hydrogen (secondary N) is 2. The average Bonchev–Trinajstić information content (AvgIpc) is 2.78. The summed E-state index contributed by atoms with van der Waals surface area (Å²) in [5.74, 6) is 0.769. The van der Waals surface area contributed by atoms with Crippen molar-refractivity contribution in [3.63, 3.8) is 0 Å². The third-order valence-electron chi connectivity index (χ3n) is 5.77. The number of fused-ring (bicyclic) bond motifs is 1. The Hall–Kier alpha value is -2.86. The monoisotopic (exact) mass is 421 g/mol. The third kappa shape index (κ3) is 4.65. The zero-order valence-electron chi connectivity index (χ0n) is 17.2. The van der Waals surface area contributed by atoms with Gasteiger partial charge in [-0.1, -0.05) is 37.5 Å². The molecule has 1 aliphatic rings. The number of thiocarbonyl (C=S) groups is 1. The molecule has 30 heavy (non-hydrogen) atoms. The summed E-state index contributed by atoms with van der Waals surface area (Å²) < 4.78 is 5.34. The van der Waals surface area contributed by atoms with Crippen molar-refractivity contribution in [2.45, 2.75) is 44.7 Å². The summed E-state index contributed by atoms with van der Waals surface area (Å²) >= 11 is 5.80. The highest BCUT2D eigenvalue weighted by molar-refractivity contribution is 7.80. The highest BCUT2D eigenvalue weighted by Crippen LogP contribution is 2.26. The van der Waals surface area contributed by atoms with E-state index in [2.05, 4.69) is 15.2 Å². The lowest BCUT2D eigenvalue weighted by atomic mass is 9.94. The summed E-state index contributed by atoms with van der Waals surface area (Å²) in [6, 6.07) is 17.9. The van der Waals surface area contributed by atoms with Crippen LogP contribution in [0.5, 0.6) is 5.75 Å². The van der Waals surface area contributed by atoms with E-state index in [9.17, 15) is 4.79 Å². The molecule has 0 saturated heterocycles. The molecule has 0 atom stereocenters. The fourth-order valence-electron chi connectivity index (χ4n) is 4.13. The molecule has 0 unspecified atom stereocenters. The maximum Gasteiger partial charge on any atom is 0.253 e. The minimum absolute atomic E-state index is 0.0732. The number of aromatic nitrogens is 1. The second-order valence-electron chi connectivity index (χ2n) is 7.79. The van der Waals surface area contributed by atoms with Crippen molar-refractivity contribution in [2.75, 3.05) is 12.4 Å². The summed E-state index contributed by atoms with van der Waals surface area (Å²) in [5, 5.41) is 4.98. The van der Waals surface area contributed by atoms with Gasteiger partial charge in [0.1, 0.15) is 5.75 Å². The molecule has 2 aromatic carbocycles. The van der Waals surface area contributed by atoms with Crippen LogP contribution in [-0.2, 0) is 6.54 Å². The molecule has 0 amide bonds. The fourth-order valence-corrected chi connectivity index (χ4v) is 4.47. The Kier molecular flexibility index (Phi) is 6.33. The molecule has 1 heterocycles. The van der Waals surface area contributed by atoms with Crippen molar-refractivity contribution in [2.24, 2.45) is 0 Å². The van der Waals surface area contributed by atoms with Gasteiger partial charge >= 0.3 is 0 Å². The van der Waals surface area contributed by atoms with Gasteiger partial charge in [0, 0.05) is 28.2 Å². The molecule has 1 fully saturated rings. The van der Waals surface area contributed by atoms with Gasteiger partial charge in [-0.3, -0.25) is 4.79 Å². The summed E-state index contributed by atoms with van der Waals surface area (Å²) in [4.78, 5) is 18.0. The lowest BCUT2D eigenvalue weighted by molar-refractivity contribution is 0.240. The number of H-pyrrole nitrogens is 1. The standard InChI is InChI=1S/C24H27N3O2S/c1-29-21-12-13-22-17(15-21)14-18(23(28)26-22)16-27(20-10-6-3-7-11-20)24(30)25-19-8-4-2-5-9-19/h2,4-5,8-9,12-15,20H,3,6-7,10-11,16H2,1H3,(H,25,30)(H,26,28). The van der Waals surface area contributed by atoms with Crippen molar-refractivity contribution in [3.05, 3.63) is 70.5 Å². The first-order valence-electron chi connectivity index (χ1n) is 10.5. The van der Waals surface area contributed by atoms with Crippen LogP contribution >= 0.6 is 12.2 Å². The largest absolute Gasteiger partial charge is 0.497 e. The normalized spacial score (nSPS) is 14.4. The number of hydrogen-bond donors (Lipinski definition) is 2. The van der Waals surface area contributed by atoms with Gasteiger partial charge in [0.25, 0.3) is 5.56 Å². The Morgan fingerprint density at radius 3 is 2.63 bits per heavy atom. The Bertz CT molecular complexity index is 1070. The first-order chi connectivity index (χ1) is 14.6. The van der Waals surface area contributed by atoms with E-state index in [0.717, 1.165) is 35.2 Å². The van der Waals surface area contributed by atoms with Crippen molar-refractivity contribution in [1.29, 1.82) is 0 Å². The van der Waals surface area contributed by atoms with E-state index >= 15 is 0 Å². The first kappa shape index (κ1) is 20.4. The minimum Gasteiger partial charge on any atom is -0.497 e. The zero-order chi connectivity index (χ0) is 20.9. The van der Waals surface area contributed by atoms with E-state index in [1.54, 1.807) is 7.11 Å². The van der Waals surface area contributed by atoms with Crippen LogP contribution in [0.25, 0.3) is 10.9 Å². The van der Waals surface area contributed by atoms with E-state index < -0.39 is 0 Å². The molecule has 4 rings (SSSR count). The number of nitrogens with zero attached hydrogens (tertiary/aromatic N) is 1. The molecule has 3 aromatic rings. The highest BCUT2D eigenvalue weighted by Gasteiger charge is 2.24. The summed E-state index contributed by atoms with van der Waals surface area (Å²) in [7, 11) is 1.65. The second-order valence-corrected chi connectivity index (χ2v) is 8.18. The van der Waals surface area contributed by atoms with Gasteiger partial charge in [-0.2, -0.15) is 0 Å². The summed E-state index contributed by atoms with van der Waals surface area (Å²) in [6.07, 6.45) is 5.84. The molecule has 5 nitrogen and oxygen atoms in total. The van der Waals surface area contributed by atoms with Gasteiger partial charge in [-0.05, 0) is 61.5 Å². The van der Waals surface area contributed by atoms with Crippen LogP contribution < -0.4 is 15.6 Å². The Balaban J connectivity index is 1.64. The van der Waals surface area contributed by atoms with Gasteiger partial charge in [0.2, 0.25) is 0 Å². The fraction of sp³-hybridized carbons (Fsp3) is 0.333. The lowest BCUT2D eigenvalue weighted by Crippen LogP contribution is -2.44. The molecule has 0 radical (unpaired) electrons. The Morgan fingerprint density at radius 2 is 1.90 bits per heavy atom. The van der Waals surface area contributed by atoms with Crippen molar-refractivity contribution >= 4 is 33.9 Å². The van der Waals surface area contributed by atoms with Gasteiger partial charge in [0.15, 0.2) is 5.11 Å².